The summed E-state index contributed by atoms with van der Waals surface area (Å²) in [7, 11) is 0. The monoisotopic (exact) mass is 296 g/mol. The summed E-state index contributed by atoms with van der Waals surface area (Å²) in [5.74, 6) is 0.738. The quantitative estimate of drug-likeness (QED) is 0.581. The molecule has 126 valence electrons. The Labute approximate surface area is 134 Å². The Hall–Kier alpha value is -0.0800. The highest BCUT2D eigenvalue weighted by atomic mass is 15.3. The molecule has 1 rings (SSSR count). The van der Waals surface area contributed by atoms with Gasteiger partial charge in [0, 0.05) is 24.7 Å². The first-order valence-corrected chi connectivity index (χ1v) is 9.46. The van der Waals surface area contributed by atoms with Crippen molar-refractivity contribution in [2.45, 2.75) is 97.6 Å². The minimum atomic E-state index is 0.326. The van der Waals surface area contributed by atoms with Gasteiger partial charge in [0.25, 0.3) is 0 Å². The largest absolute Gasteiger partial charge is 0.311 e. The van der Waals surface area contributed by atoms with Gasteiger partial charge < -0.3 is 5.32 Å². The van der Waals surface area contributed by atoms with Crippen LogP contribution in [-0.2, 0) is 0 Å². The molecule has 1 atom stereocenters. The lowest BCUT2D eigenvalue weighted by Crippen LogP contribution is -2.63. The van der Waals surface area contributed by atoms with Crippen LogP contribution in [0.3, 0.4) is 0 Å². The standard InChI is InChI=1S/C19H40N2/c1-6-7-8-9-10-11-12-13-14-21-15-18(17(2)3)20-16-19(21,4)5/h17-18,20H,6-16H2,1-5H3. The van der Waals surface area contributed by atoms with Gasteiger partial charge in [0.05, 0.1) is 0 Å². The highest BCUT2D eigenvalue weighted by Gasteiger charge is 2.34. The summed E-state index contributed by atoms with van der Waals surface area (Å²) >= 11 is 0. The van der Waals surface area contributed by atoms with Crippen LogP contribution in [0.4, 0.5) is 0 Å². The van der Waals surface area contributed by atoms with E-state index in [4.69, 9.17) is 0 Å². The Morgan fingerprint density at radius 3 is 2.14 bits per heavy atom. The lowest BCUT2D eigenvalue weighted by atomic mass is 9.92. The summed E-state index contributed by atoms with van der Waals surface area (Å²) in [6.45, 7) is 15.4. The smallest absolute Gasteiger partial charge is 0.0278 e. The Morgan fingerprint density at radius 2 is 1.57 bits per heavy atom. The third kappa shape index (κ3) is 7.15. The van der Waals surface area contributed by atoms with Gasteiger partial charge in [-0.1, -0.05) is 65.7 Å². The fourth-order valence-corrected chi connectivity index (χ4v) is 3.32. The average molecular weight is 297 g/mol. The first-order valence-electron chi connectivity index (χ1n) is 9.46. The molecule has 0 spiro atoms. The van der Waals surface area contributed by atoms with E-state index in [1.165, 1.54) is 64.5 Å². The molecule has 0 aliphatic carbocycles. The normalized spacial score (nSPS) is 22.9. The molecule has 1 unspecified atom stereocenters. The third-order valence-corrected chi connectivity index (χ3v) is 5.16. The highest BCUT2D eigenvalue weighted by Crippen LogP contribution is 2.22. The van der Waals surface area contributed by atoms with Gasteiger partial charge in [0.2, 0.25) is 0 Å². The molecule has 0 aromatic heterocycles. The van der Waals surface area contributed by atoms with Gasteiger partial charge in [-0.3, -0.25) is 4.90 Å². The Morgan fingerprint density at radius 1 is 1.00 bits per heavy atom. The number of unbranched alkanes of at least 4 members (excludes halogenated alkanes) is 7. The number of nitrogens with zero attached hydrogens (tertiary/aromatic N) is 1. The molecular weight excluding hydrogens is 256 g/mol. The van der Waals surface area contributed by atoms with Crippen LogP contribution in [0, 0.1) is 5.92 Å². The van der Waals surface area contributed by atoms with Crippen LogP contribution in [0.5, 0.6) is 0 Å². The molecule has 1 aliphatic rings. The fraction of sp³-hybridized carbons (Fsp3) is 1.00. The van der Waals surface area contributed by atoms with E-state index in [1.807, 2.05) is 0 Å². The summed E-state index contributed by atoms with van der Waals surface area (Å²) < 4.78 is 0. The zero-order valence-electron chi connectivity index (χ0n) is 15.4. The summed E-state index contributed by atoms with van der Waals surface area (Å²) in [5, 5.41) is 3.73. The summed E-state index contributed by atoms with van der Waals surface area (Å²) in [5.41, 5.74) is 0.326. The van der Waals surface area contributed by atoms with Gasteiger partial charge in [-0.25, -0.2) is 0 Å². The number of nitrogens with one attached hydrogen (secondary N) is 1. The van der Waals surface area contributed by atoms with Gasteiger partial charge >= 0.3 is 0 Å². The second kappa shape index (κ2) is 9.84. The van der Waals surface area contributed by atoms with Crippen LogP contribution in [0.15, 0.2) is 0 Å². The van der Waals surface area contributed by atoms with Gasteiger partial charge in [-0.15, -0.1) is 0 Å². The highest BCUT2D eigenvalue weighted by molar-refractivity contribution is 4.93. The van der Waals surface area contributed by atoms with Crippen molar-refractivity contribution in [1.29, 1.82) is 0 Å². The van der Waals surface area contributed by atoms with E-state index in [2.05, 4.69) is 44.8 Å². The van der Waals surface area contributed by atoms with Gasteiger partial charge in [0.1, 0.15) is 0 Å². The van der Waals surface area contributed by atoms with E-state index in [-0.39, 0.29) is 0 Å². The van der Waals surface area contributed by atoms with Crippen molar-refractivity contribution in [2.24, 2.45) is 5.92 Å². The topological polar surface area (TPSA) is 15.3 Å². The zero-order chi connectivity index (χ0) is 15.7. The summed E-state index contributed by atoms with van der Waals surface area (Å²) in [6, 6.07) is 0.673. The molecule has 1 fully saturated rings. The maximum Gasteiger partial charge on any atom is 0.0278 e. The maximum atomic E-state index is 3.73. The van der Waals surface area contributed by atoms with E-state index in [9.17, 15) is 0 Å². The minimum Gasteiger partial charge on any atom is -0.311 e. The predicted molar refractivity (Wildman–Crippen MR) is 94.9 cm³/mol. The van der Waals surface area contributed by atoms with Crippen LogP contribution >= 0.6 is 0 Å². The molecule has 0 radical (unpaired) electrons. The molecule has 0 aromatic rings. The van der Waals surface area contributed by atoms with Gasteiger partial charge in [-0.05, 0) is 32.7 Å². The average Bonchev–Trinajstić information content (AvgIpc) is 2.42. The molecule has 1 saturated heterocycles. The van der Waals surface area contributed by atoms with Crippen molar-refractivity contribution in [1.82, 2.24) is 10.2 Å². The van der Waals surface area contributed by atoms with Crippen molar-refractivity contribution in [3.8, 4) is 0 Å². The van der Waals surface area contributed by atoms with E-state index in [0.717, 1.165) is 12.5 Å². The van der Waals surface area contributed by atoms with E-state index >= 15 is 0 Å². The first-order chi connectivity index (χ1) is 9.97. The molecule has 21 heavy (non-hydrogen) atoms. The van der Waals surface area contributed by atoms with Crippen molar-refractivity contribution >= 4 is 0 Å². The third-order valence-electron chi connectivity index (χ3n) is 5.16. The number of hydrogen-bond donors (Lipinski definition) is 1. The van der Waals surface area contributed by atoms with Crippen LogP contribution in [0.1, 0.15) is 86.0 Å². The second-order valence-corrected chi connectivity index (χ2v) is 7.96. The minimum absolute atomic E-state index is 0.326. The summed E-state index contributed by atoms with van der Waals surface area (Å²) in [6.07, 6.45) is 11.3. The Bertz CT molecular complexity index is 260. The van der Waals surface area contributed by atoms with E-state index in [0.29, 0.717) is 11.6 Å². The van der Waals surface area contributed by atoms with Crippen LogP contribution in [0.2, 0.25) is 0 Å². The van der Waals surface area contributed by atoms with Crippen molar-refractivity contribution in [3.05, 3.63) is 0 Å². The van der Waals surface area contributed by atoms with Crippen LogP contribution < -0.4 is 5.32 Å². The molecule has 0 bridgehead atoms. The SMILES string of the molecule is CCCCCCCCCCN1CC(C(C)C)NCC1(C)C. The van der Waals surface area contributed by atoms with E-state index in [1.54, 1.807) is 0 Å². The molecule has 1 heterocycles. The Balaban J connectivity index is 2.16. The molecule has 1 aliphatic heterocycles. The Kier molecular flexibility index (Phi) is 8.89. The first kappa shape index (κ1) is 19.0. The molecular formula is C19H40N2. The fourth-order valence-electron chi connectivity index (χ4n) is 3.32. The number of piperazine rings is 1. The lowest BCUT2D eigenvalue weighted by molar-refractivity contribution is 0.0530. The van der Waals surface area contributed by atoms with Gasteiger partial charge in [-0.2, -0.15) is 0 Å². The molecule has 0 aromatic carbocycles. The molecule has 2 nitrogen and oxygen atoms in total. The molecule has 2 heteroatoms. The van der Waals surface area contributed by atoms with Crippen molar-refractivity contribution in [2.75, 3.05) is 19.6 Å². The molecule has 0 amide bonds. The lowest BCUT2D eigenvalue weighted by Gasteiger charge is -2.47. The van der Waals surface area contributed by atoms with Crippen molar-refractivity contribution < 1.29 is 0 Å². The second-order valence-electron chi connectivity index (χ2n) is 7.96. The molecule has 0 saturated carbocycles. The van der Waals surface area contributed by atoms with Gasteiger partial charge in [0.15, 0.2) is 0 Å². The van der Waals surface area contributed by atoms with E-state index < -0.39 is 0 Å². The van der Waals surface area contributed by atoms with Crippen LogP contribution in [-0.4, -0.2) is 36.1 Å². The van der Waals surface area contributed by atoms with Crippen molar-refractivity contribution in [3.63, 3.8) is 0 Å². The predicted octanol–water partition coefficient (Wildman–Crippen LogP) is 4.84. The summed E-state index contributed by atoms with van der Waals surface area (Å²) in [4.78, 5) is 2.73. The van der Waals surface area contributed by atoms with Crippen LogP contribution in [0.25, 0.3) is 0 Å². The zero-order valence-corrected chi connectivity index (χ0v) is 15.4. The number of rotatable bonds is 10. The molecule has 1 N–H and O–H groups in total. The maximum absolute atomic E-state index is 3.73. The number of hydrogen-bond acceptors (Lipinski definition) is 2.